The summed E-state index contributed by atoms with van der Waals surface area (Å²) in [6.07, 6.45) is 0. The van der Waals surface area contributed by atoms with Crippen molar-refractivity contribution in [2.75, 3.05) is 0 Å². The van der Waals surface area contributed by atoms with E-state index in [1.807, 2.05) is 54.6 Å². The van der Waals surface area contributed by atoms with Crippen LogP contribution in [0, 0.1) is 6.92 Å². The normalized spacial score (nSPS) is 8.71. The van der Waals surface area contributed by atoms with E-state index in [1.165, 1.54) is 5.56 Å². The molecule has 3 heteroatoms. The molecule has 0 aromatic heterocycles. The Labute approximate surface area is 125 Å². The molecule has 1 nitrogen and oxygen atoms in total. The van der Waals surface area contributed by atoms with Crippen molar-refractivity contribution in [1.82, 2.24) is 0 Å². The number of ether oxygens (including phenoxy) is 1. The topological polar surface area (TPSA) is 9.23 Å². The molecule has 2 aromatic rings. The maximum atomic E-state index is 5.63. The average Bonchev–Trinajstić information content (AvgIpc) is 2.28. The summed E-state index contributed by atoms with van der Waals surface area (Å²) < 4.78 is 5.63. The molecule has 0 heterocycles. The van der Waals surface area contributed by atoms with Gasteiger partial charge in [-0.15, -0.1) is 12.1 Å². The molecule has 0 aliphatic heterocycles. The molecule has 0 atom stereocenters. The van der Waals surface area contributed by atoms with Gasteiger partial charge in [0.25, 0.3) is 0 Å². The second-order valence-electron chi connectivity index (χ2n) is 3.42. The summed E-state index contributed by atoms with van der Waals surface area (Å²) in [5.41, 5.74) is 2.15. The van der Waals surface area contributed by atoms with Crippen molar-refractivity contribution in [3.63, 3.8) is 0 Å². The van der Waals surface area contributed by atoms with E-state index in [-0.39, 0.29) is 35.5 Å². The van der Waals surface area contributed by atoms with E-state index in [2.05, 4.69) is 6.92 Å². The van der Waals surface area contributed by atoms with Crippen LogP contribution in [0.25, 0.3) is 0 Å². The van der Waals surface area contributed by atoms with Gasteiger partial charge in [0.2, 0.25) is 0 Å². The molecule has 0 spiro atoms. The van der Waals surface area contributed by atoms with Crippen LogP contribution in [-0.2, 0) is 6.61 Å². The van der Waals surface area contributed by atoms with E-state index in [0.717, 1.165) is 11.3 Å². The van der Waals surface area contributed by atoms with E-state index >= 15 is 0 Å². The predicted molar refractivity (Wildman–Crippen MR) is 67.4 cm³/mol. The van der Waals surface area contributed by atoms with Crippen LogP contribution in [0.3, 0.4) is 0 Å². The maximum absolute atomic E-state index is 5.63. The largest absolute Gasteiger partial charge is 2.00 e. The van der Waals surface area contributed by atoms with E-state index in [4.69, 9.17) is 4.74 Å². The number of hydrogen-bond acceptors (Lipinski definition) is 1. The Balaban J connectivity index is 0.00000128. The first kappa shape index (κ1) is 16.2. The Bertz CT molecular complexity index is 431. The van der Waals surface area contributed by atoms with Crippen LogP contribution in [0.4, 0.5) is 0 Å². The number of benzene rings is 2. The second-order valence-corrected chi connectivity index (χ2v) is 3.42. The molecule has 0 saturated carbocycles. The molecule has 2 rings (SSSR count). The molecule has 0 radical (unpaired) electrons. The second kappa shape index (κ2) is 8.29. The van der Waals surface area contributed by atoms with Gasteiger partial charge in [-0.2, -0.15) is 18.6 Å². The zero-order chi connectivity index (χ0) is 10.5. The fourth-order valence-electron chi connectivity index (χ4n) is 1.38. The van der Waals surface area contributed by atoms with Crippen molar-refractivity contribution in [2.24, 2.45) is 0 Å². The number of halogens is 1. The average molecular weight is 257 g/mol. The summed E-state index contributed by atoms with van der Waals surface area (Å²) in [5.74, 6) is 0.867. The van der Waals surface area contributed by atoms with Crippen LogP contribution in [0.15, 0.2) is 54.6 Å². The minimum Gasteiger partial charge on any atom is -1.00 e. The molecule has 0 aliphatic rings. The minimum absolute atomic E-state index is 0. The summed E-state index contributed by atoms with van der Waals surface area (Å²) in [7, 11) is 0. The molecule has 84 valence electrons. The first-order valence-electron chi connectivity index (χ1n) is 4.93. The quantitative estimate of drug-likeness (QED) is 0.558. The van der Waals surface area contributed by atoms with Gasteiger partial charge in [0, 0.05) is 0 Å². The van der Waals surface area contributed by atoms with Gasteiger partial charge < -0.3 is 17.1 Å². The standard InChI is InChI=1S/C14H13O.ClH.Mg/c1-12-6-5-9-14(10-12)15-11-13-7-3-2-4-8-13;;/h2-10H,1,11H2;1H;/q-1;;+2/p-1. The number of hydrogen-bond donors (Lipinski definition) is 0. The van der Waals surface area contributed by atoms with Gasteiger partial charge in [0.15, 0.2) is 0 Å². The van der Waals surface area contributed by atoms with Crippen molar-refractivity contribution in [3.8, 4) is 5.75 Å². The molecule has 2 aromatic carbocycles. The van der Waals surface area contributed by atoms with Crippen LogP contribution in [0.1, 0.15) is 11.1 Å². The Kier molecular flexibility index (Phi) is 7.88. The molecule has 17 heavy (non-hydrogen) atoms. The van der Waals surface area contributed by atoms with E-state index in [9.17, 15) is 0 Å². The zero-order valence-corrected chi connectivity index (χ0v) is 11.8. The third-order valence-electron chi connectivity index (χ3n) is 2.15. The molecule has 0 amide bonds. The van der Waals surface area contributed by atoms with Gasteiger partial charge in [-0.25, -0.2) is 0 Å². The molecule has 0 saturated heterocycles. The molecular formula is C14H13ClMgO. The van der Waals surface area contributed by atoms with E-state index < -0.39 is 0 Å². The van der Waals surface area contributed by atoms with Gasteiger partial charge in [-0.3, -0.25) is 0 Å². The van der Waals surface area contributed by atoms with Gasteiger partial charge in [-0.1, -0.05) is 30.3 Å². The van der Waals surface area contributed by atoms with Crippen molar-refractivity contribution in [2.45, 2.75) is 6.61 Å². The fraction of sp³-hybridized carbons (Fsp3) is 0.0714. The van der Waals surface area contributed by atoms with E-state index in [0.29, 0.717) is 6.61 Å². The Morgan fingerprint density at radius 1 is 0.941 bits per heavy atom. The van der Waals surface area contributed by atoms with Crippen molar-refractivity contribution >= 4 is 23.1 Å². The first-order valence-corrected chi connectivity index (χ1v) is 4.93. The van der Waals surface area contributed by atoms with Gasteiger partial charge in [0.1, 0.15) is 6.61 Å². The third-order valence-corrected chi connectivity index (χ3v) is 2.15. The van der Waals surface area contributed by atoms with Crippen LogP contribution in [0.2, 0.25) is 0 Å². The zero-order valence-electron chi connectivity index (χ0n) is 9.60. The first-order chi connectivity index (χ1) is 7.34. The Hall–Kier alpha value is -0.834. The summed E-state index contributed by atoms with van der Waals surface area (Å²) >= 11 is 0. The fourth-order valence-corrected chi connectivity index (χ4v) is 1.38. The predicted octanol–water partition coefficient (Wildman–Crippen LogP) is 0.0710. The van der Waals surface area contributed by atoms with Gasteiger partial charge in [-0.05, 0) is 11.6 Å². The van der Waals surface area contributed by atoms with Crippen LogP contribution < -0.4 is 17.1 Å². The molecule has 0 unspecified atom stereocenters. The van der Waals surface area contributed by atoms with Gasteiger partial charge in [0.05, 0.1) is 5.75 Å². The maximum Gasteiger partial charge on any atom is 2.00 e. The SMILES string of the molecule is [CH2-]c1cccc(OCc2ccccc2)c1.[Cl-].[Mg+2]. The Morgan fingerprint density at radius 3 is 2.29 bits per heavy atom. The summed E-state index contributed by atoms with van der Waals surface area (Å²) in [6.45, 7) is 4.46. The monoisotopic (exact) mass is 256 g/mol. The summed E-state index contributed by atoms with van der Waals surface area (Å²) in [6, 6.07) is 17.9. The van der Waals surface area contributed by atoms with E-state index in [1.54, 1.807) is 0 Å². The molecule has 0 fully saturated rings. The Morgan fingerprint density at radius 2 is 1.65 bits per heavy atom. The molecule has 0 bridgehead atoms. The van der Waals surface area contributed by atoms with Gasteiger partial charge >= 0.3 is 23.1 Å². The molecule has 0 N–H and O–H groups in total. The van der Waals surface area contributed by atoms with Crippen LogP contribution in [0.5, 0.6) is 5.75 Å². The molecule has 0 aliphatic carbocycles. The van der Waals surface area contributed by atoms with Crippen LogP contribution in [-0.4, -0.2) is 23.1 Å². The smallest absolute Gasteiger partial charge is 1.00 e. The third kappa shape index (κ3) is 5.35. The van der Waals surface area contributed by atoms with Crippen LogP contribution >= 0.6 is 0 Å². The summed E-state index contributed by atoms with van der Waals surface area (Å²) in [5, 5.41) is 0. The van der Waals surface area contributed by atoms with Crippen molar-refractivity contribution in [1.29, 1.82) is 0 Å². The minimum atomic E-state index is 0. The molecular weight excluding hydrogens is 244 g/mol. The van der Waals surface area contributed by atoms with Crippen molar-refractivity contribution in [3.05, 3.63) is 72.6 Å². The summed E-state index contributed by atoms with van der Waals surface area (Å²) in [4.78, 5) is 0. The van der Waals surface area contributed by atoms with Crippen molar-refractivity contribution < 1.29 is 17.1 Å². The number of rotatable bonds is 3.